The normalized spacial score (nSPS) is 9.76. The van der Waals surface area contributed by atoms with Gasteiger partial charge in [0, 0.05) is 6.42 Å². The third-order valence-corrected chi connectivity index (χ3v) is 2.96. The van der Waals surface area contributed by atoms with Crippen LogP contribution in [0.3, 0.4) is 0 Å². The standard InChI is InChI=1S/C16H22N2O2S/c1-3-5-6-11-15(19)18-16(21)17-13-9-7-8-10-14(13)20-12-4-2/h4,7-10H,2-3,5-6,11-12H2,1H3,(H2,17,18,19,21). The first-order valence-electron chi connectivity index (χ1n) is 7.11. The summed E-state index contributed by atoms with van der Waals surface area (Å²) < 4.78 is 5.52. The molecular weight excluding hydrogens is 284 g/mol. The number of unbranched alkanes of at least 4 members (excludes halogenated alkanes) is 2. The van der Waals surface area contributed by atoms with Crippen LogP contribution in [0.5, 0.6) is 5.75 Å². The predicted molar refractivity (Wildman–Crippen MR) is 90.6 cm³/mol. The molecule has 0 unspecified atom stereocenters. The fourth-order valence-corrected chi connectivity index (χ4v) is 1.95. The van der Waals surface area contributed by atoms with Crippen LogP contribution in [0.25, 0.3) is 0 Å². The van der Waals surface area contributed by atoms with E-state index in [0.717, 1.165) is 24.9 Å². The molecule has 0 aliphatic rings. The average Bonchev–Trinajstić information content (AvgIpc) is 2.46. The summed E-state index contributed by atoms with van der Waals surface area (Å²) in [5, 5.41) is 5.94. The molecule has 4 nitrogen and oxygen atoms in total. The van der Waals surface area contributed by atoms with E-state index in [1.807, 2.05) is 24.3 Å². The number of carbonyl (C=O) groups excluding carboxylic acids is 1. The van der Waals surface area contributed by atoms with E-state index in [1.54, 1.807) is 6.08 Å². The van der Waals surface area contributed by atoms with Gasteiger partial charge in [-0.2, -0.15) is 0 Å². The molecule has 0 heterocycles. The molecule has 1 aromatic carbocycles. The lowest BCUT2D eigenvalue weighted by molar-refractivity contribution is -0.119. The third kappa shape index (κ3) is 6.90. The number of amides is 1. The highest BCUT2D eigenvalue weighted by atomic mass is 32.1. The molecule has 1 aromatic rings. The van der Waals surface area contributed by atoms with Crippen LogP contribution >= 0.6 is 12.2 Å². The molecule has 0 fully saturated rings. The molecule has 5 heteroatoms. The van der Waals surface area contributed by atoms with E-state index >= 15 is 0 Å². The van der Waals surface area contributed by atoms with Crippen molar-refractivity contribution in [2.24, 2.45) is 0 Å². The second kappa shape index (κ2) is 9.94. The predicted octanol–water partition coefficient (Wildman–Crippen LogP) is 3.64. The molecule has 0 aromatic heterocycles. The van der Waals surface area contributed by atoms with Gasteiger partial charge in [-0.1, -0.05) is 44.6 Å². The van der Waals surface area contributed by atoms with Crippen molar-refractivity contribution >= 4 is 28.9 Å². The summed E-state index contributed by atoms with van der Waals surface area (Å²) >= 11 is 5.14. The Kier molecular flexibility index (Phi) is 8.12. The van der Waals surface area contributed by atoms with Crippen LogP contribution in [-0.4, -0.2) is 17.6 Å². The van der Waals surface area contributed by atoms with Gasteiger partial charge in [0.2, 0.25) is 5.91 Å². The number of hydrogen-bond acceptors (Lipinski definition) is 3. The van der Waals surface area contributed by atoms with Gasteiger partial charge in [0.15, 0.2) is 5.11 Å². The van der Waals surface area contributed by atoms with Gasteiger partial charge in [-0.05, 0) is 30.8 Å². The molecule has 1 amide bonds. The molecule has 1 rings (SSSR count). The highest BCUT2D eigenvalue weighted by Gasteiger charge is 2.07. The Bertz CT molecular complexity index is 489. The molecule has 0 bridgehead atoms. The maximum Gasteiger partial charge on any atom is 0.226 e. The molecule has 0 aliphatic carbocycles. The molecule has 0 saturated heterocycles. The third-order valence-electron chi connectivity index (χ3n) is 2.75. The van der Waals surface area contributed by atoms with Crippen LogP contribution in [0.15, 0.2) is 36.9 Å². The number of carbonyl (C=O) groups is 1. The van der Waals surface area contributed by atoms with Crippen LogP contribution in [0.1, 0.15) is 32.6 Å². The number of para-hydroxylation sites is 2. The molecule has 0 spiro atoms. The lowest BCUT2D eigenvalue weighted by Gasteiger charge is -2.13. The topological polar surface area (TPSA) is 50.4 Å². The number of ether oxygens (including phenoxy) is 1. The van der Waals surface area contributed by atoms with E-state index < -0.39 is 0 Å². The molecule has 0 saturated carbocycles. The number of rotatable bonds is 8. The van der Waals surface area contributed by atoms with Gasteiger partial charge < -0.3 is 15.4 Å². The average molecular weight is 306 g/mol. The Hall–Kier alpha value is -1.88. The first-order valence-corrected chi connectivity index (χ1v) is 7.51. The van der Waals surface area contributed by atoms with Crippen LogP contribution in [0, 0.1) is 0 Å². The maximum atomic E-state index is 11.7. The van der Waals surface area contributed by atoms with Crippen LogP contribution in [-0.2, 0) is 4.79 Å². The van der Waals surface area contributed by atoms with Crippen LogP contribution in [0.4, 0.5) is 5.69 Å². The van der Waals surface area contributed by atoms with Gasteiger partial charge in [0.1, 0.15) is 12.4 Å². The smallest absolute Gasteiger partial charge is 0.226 e. The number of anilines is 1. The Morgan fingerprint density at radius 3 is 2.86 bits per heavy atom. The first-order chi connectivity index (χ1) is 10.2. The van der Waals surface area contributed by atoms with Crippen molar-refractivity contribution in [2.45, 2.75) is 32.6 Å². The van der Waals surface area contributed by atoms with E-state index in [2.05, 4.69) is 24.1 Å². The monoisotopic (exact) mass is 306 g/mol. The van der Waals surface area contributed by atoms with Crippen molar-refractivity contribution in [1.29, 1.82) is 0 Å². The summed E-state index contributed by atoms with van der Waals surface area (Å²) in [6.07, 6.45) is 5.18. The minimum Gasteiger partial charge on any atom is -0.487 e. The van der Waals surface area contributed by atoms with Crippen LogP contribution < -0.4 is 15.4 Å². The summed E-state index contributed by atoms with van der Waals surface area (Å²) in [6.45, 7) is 6.13. The molecular formula is C16H22N2O2S. The fourth-order valence-electron chi connectivity index (χ4n) is 1.72. The van der Waals surface area contributed by atoms with E-state index in [1.165, 1.54) is 0 Å². The number of hydrogen-bond donors (Lipinski definition) is 2. The summed E-state index contributed by atoms with van der Waals surface area (Å²) in [7, 11) is 0. The van der Waals surface area contributed by atoms with E-state index in [0.29, 0.717) is 18.8 Å². The largest absolute Gasteiger partial charge is 0.487 e. The van der Waals surface area contributed by atoms with Crippen molar-refractivity contribution in [3.05, 3.63) is 36.9 Å². The summed E-state index contributed by atoms with van der Waals surface area (Å²) in [5.41, 5.74) is 0.721. The highest BCUT2D eigenvalue weighted by molar-refractivity contribution is 7.80. The van der Waals surface area contributed by atoms with Crippen molar-refractivity contribution in [2.75, 3.05) is 11.9 Å². The van der Waals surface area contributed by atoms with E-state index in [9.17, 15) is 4.79 Å². The Morgan fingerprint density at radius 2 is 2.14 bits per heavy atom. The molecule has 0 radical (unpaired) electrons. The lowest BCUT2D eigenvalue weighted by atomic mass is 10.2. The summed E-state index contributed by atoms with van der Waals surface area (Å²) in [5.74, 6) is 0.602. The number of benzene rings is 1. The second-order valence-electron chi connectivity index (χ2n) is 4.56. The number of nitrogens with one attached hydrogen (secondary N) is 2. The molecule has 0 atom stereocenters. The quantitative estimate of drug-likeness (QED) is 0.437. The molecule has 114 valence electrons. The van der Waals surface area contributed by atoms with E-state index in [-0.39, 0.29) is 11.0 Å². The minimum absolute atomic E-state index is 0.0644. The van der Waals surface area contributed by atoms with Gasteiger partial charge in [-0.3, -0.25) is 4.79 Å². The Balaban J connectivity index is 2.50. The van der Waals surface area contributed by atoms with Crippen molar-refractivity contribution in [3.8, 4) is 5.75 Å². The molecule has 0 aliphatic heterocycles. The fraction of sp³-hybridized carbons (Fsp3) is 0.375. The van der Waals surface area contributed by atoms with Crippen molar-refractivity contribution in [3.63, 3.8) is 0 Å². The Morgan fingerprint density at radius 1 is 1.38 bits per heavy atom. The van der Waals surface area contributed by atoms with Gasteiger partial charge in [-0.25, -0.2) is 0 Å². The Labute approximate surface area is 131 Å². The van der Waals surface area contributed by atoms with Gasteiger partial charge in [-0.15, -0.1) is 0 Å². The second-order valence-corrected chi connectivity index (χ2v) is 4.96. The number of thiocarbonyl (C=S) groups is 1. The van der Waals surface area contributed by atoms with Gasteiger partial charge in [0.25, 0.3) is 0 Å². The summed E-state index contributed by atoms with van der Waals surface area (Å²) in [4.78, 5) is 11.7. The summed E-state index contributed by atoms with van der Waals surface area (Å²) in [6, 6.07) is 7.41. The molecule has 21 heavy (non-hydrogen) atoms. The zero-order chi connectivity index (χ0) is 15.5. The zero-order valence-corrected chi connectivity index (χ0v) is 13.2. The van der Waals surface area contributed by atoms with Crippen molar-refractivity contribution in [1.82, 2.24) is 5.32 Å². The van der Waals surface area contributed by atoms with Gasteiger partial charge in [0.05, 0.1) is 5.69 Å². The van der Waals surface area contributed by atoms with Gasteiger partial charge >= 0.3 is 0 Å². The van der Waals surface area contributed by atoms with Crippen molar-refractivity contribution < 1.29 is 9.53 Å². The zero-order valence-electron chi connectivity index (χ0n) is 12.4. The first kappa shape index (κ1) is 17.2. The maximum absolute atomic E-state index is 11.7. The minimum atomic E-state index is -0.0644. The highest BCUT2D eigenvalue weighted by Crippen LogP contribution is 2.23. The lowest BCUT2D eigenvalue weighted by Crippen LogP contribution is -2.34. The van der Waals surface area contributed by atoms with Crippen LogP contribution in [0.2, 0.25) is 0 Å². The SMILES string of the molecule is C=CCOc1ccccc1NC(=S)NC(=O)CCCCC. The van der Waals surface area contributed by atoms with E-state index in [4.69, 9.17) is 17.0 Å². The molecule has 2 N–H and O–H groups in total.